The van der Waals surface area contributed by atoms with Crippen LogP contribution in [0.2, 0.25) is 0 Å². The molecule has 1 aromatic carbocycles. The molecule has 28 heavy (non-hydrogen) atoms. The van der Waals surface area contributed by atoms with Gasteiger partial charge in [-0.1, -0.05) is 6.07 Å². The lowest BCUT2D eigenvalue weighted by Crippen LogP contribution is -2.41. The van der Waals surface area contributed by atoms with Crippen LogP contribution in [0.5, 0.6) is 0 Å². The summed E-state index contributed by atoms with van der Waals surface area (Å²) in [5, 5.41) is 12.8. The van der Waals surface area contributed by atoms with Gasteiger partial charge in [0.1, 0.15) is 5.82 Å². The van der Waals surface area contributed by atoms with Crippen molar-refractivity contribution >= 4 is 17.4 Å². The molecule has 1 atom stereocenters. The van der Waals surface area contributed by atoms with Crippen molar-refractivity contribution < 1.29 is 4.79 Å². The zero-order chi connectivity index (χ0) is 19.3. The average Bonchev–Trinajstić information content (AvgIpc) is 3.34. The molecule has 0 saturated carbocycles. The van der Waals surface area contributed by atoms with Gasteiger partial charge < -0.3 is 14.8 Å². The van der Waals surface area contributed by atoms with E-state index in [1.165, 1.54) is 22.7 Å². The number of carbonyl (C=O) groups is 1. The predicted molar refractivity (Wildman–Crippen MR) is 105 cm³/mol. The van der Waals surface area contributed by atoms with Gasteiger partial charge in [0.25, 0.3) is 5.91 Å². The molecule has 0 saturated heterocycles. The minimum Gasteiger partial charge on any atom is -0.327 e. The highest BCUT2D eigenvalue weighted by molar-refractivity contribution is 7.09. The van der Waals surface area contributed by atoms with E-state index < -0.39 is 0 Å². The summed E-state index contributed by atoms with van der Waals surface area (Å²) in [7, 11) is 0. The molecule has 1 N–H and O–H groups in total. The molecule has 2 aliphatic rings. The van der Waals surface area contributed by atoms with Crippen molar-refractivity contribution in [1.29, 1.82) is 0 Å². The highest BCUT2D eigenvalue weighted by Crippen LogP contribution is 2.30. The average molecular weight is 395 g/mol. The molecule has 9 heteroatoms. The third kappa shape index (κ3) is 2.82. The summed E-state index contributed by atoms with van der Waals surface area (Å²) in [6, 6.07) is 5.92. The number of carbonyl (C=O) groups excluding carboxylic acids is 1. The Balaban J connectivity index is 1.43. The van der Waals surface area contributed by atoms with E-state index in [9.17, 15) is 4.79 Å². The topological polar surface area (TPSA) is 88.8 Å². The van der Waals surface area contributed by atoms with Gasteiger partial charge in [0.15, 0.2) is 16.7 Å². The first kappa shape index (κ1) is 17.4. The third-order valence-electron chi connectivity index (χ3n) is 5.50. The van der Waals surface area contributed by atoms with E-state index in [-0.39, 0.29) is 11.9 Å². The van der Waals surface area contributed by atoms with Gasteiger partial charge in [-0.05, 0) is 61.6 Å². The molecule has 0 fully saturated rings. The summed E-state index contributed by atoms with van der Waals surface area (Å²) in [5.74, 6) is 2.32. The van der Waals surface area contributed by atoms with Gasteiger partial charge in [-0.25, -0.2) is 4.98 Å². The van der Waals surface area contributed by atoms with Crippen LogP contribution in [0.1, 0.15) is 46.1 Å². The molecule has 2 aliphatic heterocycles. The van der Waals surface area contributed by atoms with E-state index in [1.54, 1.807) is 0 Å². The second-order valence-electron chi connectivity index (χ2n) is 7.26. The number of hydrogen-bond donors (Lipinski definition) is 1. The molecule has 1 amide bonds. The summed E-state index contributed by atoms with van der Waals surface area (Å²) in [5.41, 5.74) is 3.30. The lowest BCUT2D eigenvalue weighted by molar-refractivity contribution is 0.0638. The molecule has 4 heterocycles. The normalized spacial score (nSPS) is 18.6. The first-order valence-electron chi connectivity index (χ1n) is 9.49. The Morgan fingerprint density at radius 3 is 2.96 bits per heavy atom. The molecule has 0 unspecified atom stereocenters. The van der Waals surface area contributed by atoms with Crippen molar-refractivity contribution in [2.24, 2.45) is 0 Å². The van der Waals surface area contributed by atoms with Crippen molar-refractivity contribution in [3.8, 4) is 10.8 Å². The second-order valence-corrected chi connectivity index (χ2v) is 8.02. The fourth-order valence-electron chi connectivity index (χ4n) is 3.98. The maximum atomic E-state index is 13.2. The highest BCUT2D eigenvalue weighted by atomic mass is 32.1. The van der Waals surface area contributed by atoms with Gasteiger partial charge >= 0.3 is 0 Å². The number of nitrogens with zero attached hydrogens (tertiary/aromatic N) is 6. The molecular formula is C19H21N7OS. The Hall–Kier alpha value is -2.65. The van der Waals surface area contributed by atoms with Crippen LogP contribution in [0.3, 0.4) is 0 Å². The van der Waals surface area contributed by atoms with Crippen LogP contribution in [-0.2, 0) is 19.5 Å². The summed E-state index contributed by atoms with van der Waals surface area (Å²) in [6.45, 7) is 6.98. The molecule has 0 spiro atoms. The van der Waals surface area contributed by atoms with Crippen molar-refractivity contribution in [3.63, 3.8) is 0 Å². The Morgan fingerprint density at radius 2 is 2.14 bits per heavy atom. The lowest BCUT2D eigenvalue weighted by atomic mass is 9.97. The van der Waals surface area contributed by atoms with Crippen LogP contribution in [0.25, 0.3) is 10.8 Å². The van der Waals surface area contributed by atoms with Gasteiger partial charge in [-0.3, -0.25) is 4.79 Å². The van der Waals surface area contributed by atoms with Crippen LogP contribution < -0.4 is 5.32 Å². The van der Waals surface area contributed by atoms with E-state index in [0.29, 0.717) is 13.1 Å². The summed E-state index contributed by atoms with van der Waals surface area (Å²) < 4.78 is 6.30. The SMILES string of the molecule is Cc1nsc(-c2nnc3n2CCN(C(=O)c2ccc4c(c2)CCNC4)[C@@H]3C)n1. The van der Waals surface area contributed by atoms with E-state index in [4.69, 9.17) is 0 Å². The quantitative estimate of drug-likeness (QED) is 0.714. The summed E-state index contributed by atoms with van der Waals surface area (Å²) >= 11 is 1.33. The lowest BCUT2D eigenvalue weighted by Gasteiger charge is -2.34. The van der Waals surface area contributed by atoms with Gasteiger partial charge in [-0.2, -0.15) is 4.37 Å². The van der Waals surface area contributed by atoms with Crippen molar-refractivity contribution in [3.05, 3.63) is 46.5 Å². The van der Waals surface area contributed by atoms with Gasteiger partial charge in [0.2, 0.25) is 0 Å². The fourth-order valence-corrected chi connectivity index (χ4v) is 4.65. The number of nitrogens with one attached hydrogen (secondary N) is 1. The zero-order valence-electron chi connectivity index (χ0n) is 15.8. The largest absolute Gasteiger partial charge is 0.327 e. The van der Waals surface area contributed by atoms with Crippen molar-refractivity contribution in [2.45, 2.75) is 39.4 Å². The van der Waals surface area contributed by atoms with E-state index in [0.717, 1.165) is 47.6 Å². The van der Waals surface area contributed by atoms with Gasteiger partial charge in [0, 0.05) is 25.2 Å². The molecule has 144 valence electrons. The number of hydrogen-bond acceptors (Lipinski definition) is 7. The molecule has 8 nitrogen and oxygen atoms in total. The standard InChI is InChI=1S/C19H21N7OS/c1-11-16-22-23-17(18-21-12(2)24-28-18)26(16)8-7-25(11)19(27)14-3-4-15-10-20-6-5-13(15)9-14/h3-4,9,11,20H,5-8,10H2,1-2H3/t11-/m1/s1. The maximum absolute atomic E-state index is 13.2. The first-order chi connectivity index (χ1) is 13.6. The van der Waals surface area contributed by atoms with Crippen molar-refractivity contribution in [1.82, 2.24) is 34.3 Å². The van der Waals surface area contributed by atoms with E-state index >= 15 is 0 Å². The van der Waals surface area contributed by atoms with Crippen LogP contribution in [0, 0.1) is 6.92 Å². The highest BCUT2D eigenvalue weighted by Gasteiger charge is 2.33. The van der Waals surface area contributed by atoms with Crippen molar-refractivity contribution in [2.75, 3.05) is 13.1 Å². The predicted octanol–water partition coefficient (Wildman–Crippen LogP) is 1.97. The number of benzene rings is 1. The number of aryl methyl sites for hydroxylation is 1. The minimum absolute atomic E-state index is 0.0522. The Morgan fingerprint density at radius 1 is 1.25 bits per heavy atom. The molecule has 3 aromatic rings. The third-order valence-corrected chi connectivity index (χ3v) is 6.31. The Kier molecular flexibility index (Phi) is 4.21. The van der Waals surface area contributed by atoms with Crippen LogP contribution >= 0.6 is 11.5 Å². The second kappa shape index (κ2) is 6.75. The summed E-state index contributed by atoms with van der Waals surface area (Å²) in [6.07, 6.45) is 0.963. The monoisotopic (exact) mass is 395 g/mol. The van der Waals surface area contributed by atoms with Gasteiger partial charge in [-0.15, -0.1) is 10.2 Å². The number of aromatic nitrogens is 5. The van der Waals surface area contributed by atoms with E-state index in [2.05, 4.69) is 41.6 Å². The molecule has 5 rings (SSSR count). The van der Waals surface area contributed by atoms with Crippen LogP contribution in [-0.4, -0.2) is 48.0 Å². The molecule has 0 radical (unpaired) electrons. The van der Waals surface area contributed by atoms with Crippen LogP contribution in [0.4, 0.5) is 0 Å². The molecule has 0 aliphatic carbocycles. The van der Waals surface area contributed by atoms with Crippen LogP contribution in [0.15, 0.2) is 18.2 Å². The Bertz CT molecular complexity index is 1060. The molecule has 0 bridgehead atoms. The first-order valence-corrected chi connectivity index (χ1v) is 10.3. The fraction of sp³-hybridized carbons (Fsp3) is 0.421. The molecular weight excluding hydrogens is 374 g/mol. The summed E-state index contributed by atoms with van der Waals surface area (Å²) in [4.78, 5) is 19.5. The smallest absolute Gasteiger partial charge is 0.254 e. The minimum atomic E-state index is -0.144. The van der Waals surface area contributed by atoms with E-state index in [1.807, 2.05) is 24.8 Å². The Labute approximate surface area is 166 Å². The van der Waals surface area contributed by atoms with Gasteiger partial charge in [0.05, 0.1) is 6.04 Å². The molecule has 2 aromatic heterocycles. The number of fused-ring (bicyclic) bond motifs is 2. The zero-order valence-corrected chi connectivity index (χ0v) is 16.7. The number of amides is 1. The number of rotatable bonds is 2. The maximum Gasteiger partial charge on any atom is 0.254 e.